The number of rotatable bonds is 6. The first-order valence-corrected chi connectivity index (χ1v) is 9.67. The quantitative estimate of drug-likeness (QED) is 0.223. The summed E-state index contributed by atoms with van der Waals surface area (Å²) in [7, 11) is 0. The van der Waals surface area contributed by atoms with E-state index in [0.29, 0.717) is 5.69 Å². The van der Waals surface area contributed by atoms with Crippen LogP contribution in [0.25, 0.3) is 10.9 Å². The van der Waals surface area contributed by atoms with Crippen molar-refractivity contribution in [2.45, 2.75) is 12.8 Å². The van der Waals surface area contributed by atoms with E-state index in [4.69, 9.17) is 4.63 Å². The van der Waals surface area contributed by atoms with Gasteiger partial charge < -0.3 is 4.98 Å². The van der Waals surface area contributed by atoms with Crippen LogP contribution in [0.2, 0.25) is 0 Å². The van der Waals surface area contributed by atoms with Crippen LogP contribution in [0.15, 0.2) is 62.8 Å². The van der Waals surface area contributed by atoms with Gasteiger partial charge in [-0.3, -0.25) is 15.5 Å². The maximum absolute atomic E-state index is 13.4. The van der Waals surface area contributed by atoms with Crippen molar-refractivity contribution < 1.29 is 19.0 Å². The molecule has 0 unspecified atom stereocenters. The third kappa shape index (κ3) is 4.14. The molecule has 8 nitrogen and oxygen atoms in total. The molecule has 0 aliphatic heterocycles. The van der Waals surface area contributed by atoms with E-state index < -0.39 is 5.82 Å². The second kappa shape index (κ2) is 8.56. The molecule has 0 aliphatic carbocycles. The second-order valence-corrected chi connectivity index (χ2v) is 7.33. The summed E-state index contributed by atoms with van der Waals surface area (Å²) in [5.41, 5.74) is 4.44. The van der Waals surface area contributed by atoms with E-state index in [9.17, 15) is 14.4 Å². The van der Waals surface area contributed by atoms with Gasteiger partial charge in [0.2, 0.25) is 0 Å². The molecule has 30 heavy (non-hydrogen) atoms. The van der Waals surface area contributed by atoms with Crippen molar-refractivity contribution in [2.75, 3.05) is 0 Å². The Bertz CT molecular complexity index is 1250. The van der Waals surface area contributed by atoms with Crippen LogP contribution < -0.4 is 5.48 Å². The van der Waals surface area contributed by atoms with E-state index in [1.165, 1.54) is 18.2 Å². The molecule has 0 spiro atoms. The zero-order valence-corrected chi connectivity index (χ0v) is 17.0. The fourth-order valence-electron chi connectivity index (χ4n) is 3.08. The Hall–Kier alpha value is -3.37. The molecule has 10 heteroatoms. The summed E-state index contributed by atoms with van der Waals surface area (Å²) < 4.78 is 18.4. The number of aromatic amines is 1. The van der Waals surface area contributed by atoms with Crippen molar-refractivity contribution in [3.05, 3.63) is 75.9 Å². The molecule has 0 aliphatic rings. The number of fused-ring (bicyclic) bond motifs is 1. The average Bonchev–Trinajstić information content (AvgIpc) is 3.39. The molecule has 0 radical (unpaired) electrons. The lowest BCUT2D eigenvalue weighted by Crippen LogP contribution is -2.23. The topological polar surface area (TPSA) is 116 Å². The molecule has 2 aromatic carbocycles. The first-order valence-electron chi connectivity index (χ1n) is 8.87. The molecule has 0 amide bonds. The molecule has 2 aromatic heterocycles. The summed E-state index contributed by atoms with van der Waals surface area (Å²) in [6.45, 7) is 0. The maximum Gasteiger partial charge on any atom is 0.182 e. The zero-order valence-electron chi connectivity index (χ0n) is 15.4. The Morgan fingerprint density at radius 2 is 2.10 bits per heavy atom. The lowest BCUT2D eigenvalue weighted by atomic mass is 10.0. The molecule has 2 heterocycles. The minimum Gasteiger partial charge on any atom is -0.361 e. The van der Waals surface area contributed by atoms with Crippen LogP contribution in [-0.2, 0) is 17.6 Å². The van der Waals surface area contributed by atoms with Gasteiger partial charge in [-0.1, -0.05) is 17.3 Å². The lowest BCUT2D eigenvalue weighted by Gasteiger charge is -2.05. The van der Waals surface area contributed by atoms with E-state index in [-0.39, 0.29) is 40.3 Å². The highest BCUT2D eigenvalue weighted by Gasteiger charge is 2.20. The number of aliphatic imine (C=N–C) groups is 1. The van der Waals surface area contributed by atoms with Gasteiger partial charge in [0.05, 0.1) is 16.6 Å². The van der Waals surface area contributed by atoms with Gasteiger partial charge in [-0.15, -0.1) is 0 Å². The van der Waals surface area contributed by atoms with Crippen LogP contribution in [0.5, 0.6) is 0 Å². The normalized spacial score (nSPS) is 11.8. The second-order valence-electron chi connectivity index (χ2n) is 6.48. The van der Waals surface area contributed by atoms with Crippen LogP contribution in [0.1, 0.15) is 17.0 Å². The minimum atomic E-state index is -0.445. The lowest BCUT2D eigenvalue weighted by molar-refractivity contribution is -0.117. The van der Waals surface area contributed by atoms with E-state index in [1.54, 1.807) is 0 Å². The largest absolute Gasteiger partial charge is 0.361 e. The SMILES string of the molecule is O=C(Cc1nonc1C(=Nc1ccc(F)c(Br)c1)NO)Cc1cccc2[nH]ccc12. The number of ketones is 1. The van der Waals surface area contributed by atoms with Gasteiger partial charge in [-0.2, -0.15) is 0 Å². The van der Waals surface area contributed by atoms with Crippen molar-refractivity contribution >= 4 is 44.1 Å². The van der Waals surface area contributed by atoms with Gasteiger partial charge in [0.25, 0.3) is 0 Å². The first kappa shape index (κ1) is 19.9. The van der Waals surface area contributed by atoms with E-state index in [0.717, 1.165) is 16.5 Å². The van der Waals surface area contributed by atoms with E-state index in [2.05, 4.69) is 36.2 Å². The fourth-order valence-corrected chi connectivity index (χ4v) is 3.45. The zero-order chi connectivity index (χ0) is 21.1. The fraction of sp³-hybridized carbons (Fsp3) is 0.100. The van der Waals surface area contributed by atoms with Crippen LogP contribution in [0, 0.1) is 5.82 Å². The van der Waals surface area contributed by atoms with Gasteiger partial charge in [0.1, 0.15) is 17.3 Å². The number of amidine groups is 1. The van der Waals surface area contributed by atoms with Crippen molar-refractivity contribution in [2.24, 2.45) is 4.99 Å². The van der Waals surface area contributed by atoms with Crippen LogP contribution >= 0.6 is 15.9 Å². The number of hydrogen-bond acceptors (Lipinski definition) is 6. The highest BCUT2D eigenvalue weighted by Crippen LogP contribution is 2.23. The molecule has 0 saturated heterocycles. The Morgan fingerprint density at radius 1 is 1.23 bits per heavy atom. The highest BCUT2D eigenvalue weighted by atomic mass is 79.9. The minimum absolute atomic E-state index is 0.0620. The molecular weight excluding hydrogens is 457 g/mol. The van der Waals surface area contributed by atoms with E-state index >= 15 is 0 Å². The standard InChI is InChI=1S/C20H15BrFN5O3/c21-15-9-12(4-5-16(15)22)24-20(25-29)19-18(26-30-27-19)10-13(28)8-11-2-1-3-17-14(11)6-7-23-17/h1-7,9,23,29H,8,10H2,(H,24,25). The smallest absolute Gasteiger partial charge is 0.182 e. The van der Waals surface area contributed by atoms with Gasteiger partial charge >= 0.3 is 0 Å². The van der Waals surface area contributed by atoms with Gasteiger partial charge in [-0.05, 0) is 57.0 Å². The monoisotopic (exact) mass is 471 g/mol. The molecule has 152 valence electrons. The van der Waals surface area contributed by atoms with Crippen molar-refractivity contribution in [3.63, 3.8) is 0 Å². The Labute approximate surface area is 177 Å². The molecule has 0 fully saturated rings. The number of carbonyl (C=O) groups excluding carboxylic acids is 1. The van der Waals surface area contributed by atoms with Crippen molar-refractivity contribution in [1.29, 1.82) is 0 Å². The van der Waals surface area contributed by atoms with Gasteiger partial charge in [-0.25, -0.2) is 14.0 Å². The number of aromatic nitrogens is 3. The molecule has 4 rings (SSSR count). The average molecular weight is 472 g/mol. The molecule has 0 saturated carbocycles. The molecule has 3 N–H and O–H groups in total. The summed E-state index contributed by atoms with van der Waals surface area (Å²) >= 11 is 3.08. The number of hydroxylamine groups is 1. The van der Waals surface area contributed by atoms with Crippen molar-refractivity contribution in [3.8, 4) is 0 Å². The number of Topliss-reactive ketones (excluding diaryl/α,β-unsaturated/α-hetero) is 1. The molecule has 4 aromatic rings. The number of nitrogens with one attached hydrogen (secondary N) is 2. The van der Waals surface area contributed by atoms with E-state index in [1.807, 2.05) is 35.9 Å². The predicted molar refractivity (Wildman–Crippen MR) is 110 cm³/mol. The summed E-state index contributed by atoms with van der Waals surface area (Å²) in [5.74, 6) is -0.632. The first-order chi connectivity index (χ1) is 14.5. The summed E-state index contributed by atoms with van der Waals surface area (Å²) in [6.07, 6.45) is 1.96. The highest BCUT2D eigenvalue weighted by molar-refractivity contribution is 9.10. The summed E-state index contributed by atoms with van der Waals surface area (Å²) in [6, 6.07) is 11.7. The maximum atomic E-state index is 13.4. The third-order valence-electron chi connectivity index (χ3n) is 4.47. The van der Waals surface area contributed by atoms with Gasteiger partial charge in [0, 0.05) is 23.5 Å². The Morgan fingerprint density at radius 3 is 2.90 bits per heavy atom. The van der Waals surface area contributed by atoms with Crippen LogP contribution in [0.4, 0.5) is 10.1 Å². The van der Waals surface area contributed by atoms with Crippen molar-refractivity contribution in [1.82, 2.24) is 20.8 Å². The number of H-pyrrole nitrogens is 1. The van der Waals surface area contributed by atoms with Gasteiger partial charge in [0.15, 0.2) is 11.5 Å². The summed E-state index contributed by atoms with van der Waals surface area (Å²) in [4.78, 5) is 20.0. The Kier molecular flexibility index (Phi) is 5.68. The number of carbonyl (C=O) groups is 1. The third-order valence-corrected chi connectivity index (χ3v) is 5.08. The molecule has 0 bridgehead atoms. The summed E-state index contributed by atoms with van der Waals surface area (Å²) in [5, 5.41) is 18.0. The molecule has 0 atom stereocenters. The number of benzene rings is 2. The van der Waals surface area contributed by atoms with Crippen LogP contribution in [-0.4, -0.2) is 32.1 Å². The number of nitrogens with zero attached hydrogens (tertiary/aromatic N) is 3. The predicted octanol–water partition coefficient (Wildman–Crippen LogP) is 3.86. The number of halogens is 2. The molecular formula is C20H15BrFN5O3. The Balaban J connectivity index is 1.56. The van der Waals surface area contributed by atoms with Crippen LogP contribution in [0.3, 0.4) is 0 Å². The number of hydrogen-bond donors (Lipinski definition) is 3.